The van der Waals surface area contributed by atoms with Gasteiger partial charge in [0.15, 0.2) is 0 Å². The molecule has 3 aromatic carbocycles. The second-order valence-corrected chi connectivity index (χ2v) is 6.31. The molecule has 0 heterocycles. The van der Waals surface area contributed by atoms with Crippen molar-refractivity contribution in [3.63, 3.8) is 0 Å². The van der Waals surface area contributed by atoms with Crippen LogP contribution in [0.15, 0.2) is 78.9 Å². The van der Waals surface area contributed by atoms with Gasteiger partial charge in [-0.3, -0.25) is 4.79 Å². The highest BCUT2D eigenvalue weighted by molar-refractivity contribution is 5.98. The van der Waals surface area contributed by atoms with Crippen molar-refractivity contribution in [3.8, 4) is 5.75 Å². The molecule has 0 saturated heterocycles. The smallest absolute Gasteiger partial charge is 0.416 e. The minimum absolute atomic E-state index is 0.0165. The van der Waals surface area contributed by atoms with Crippen LogP contribution in [0.5, 0.6) is 5.75 Å². The Kier molecular flexibility index (Phi) is 6.06. The maximum absolute atomic E-state index is 12.9. The van der Waals surface area contributed by atoms with Gasteiger partial charge in [0.1, 0.15) is 5.75 Å². The molecule has 0 bridgehead atoms. The Balaban J connectivity index is 1.86. The Bertz CT molecular complexity index is 1050. The summed E-state index contributed by atoms with van der Waals surface area (Å²) in [6.07, 6.45) is -5.99. The number of amides is 1. The lowest BCUT2D eigenvalue weighted by Crippen LogP contribution is -2.26. The van der Waals surface area contributed by atoms with E-state index < -0.39 is 29.7 Å². The molecule has 8 heteroatoms. The van der Waals surface area contributed by atoms with E-state index in [1.165, 1.54) is 30.3 Å². The van der Waals surface area contributed by atoms with Crippen LogP contribution < -0.4 is 5.32 Å². The van der Waals surface area contributed by atoms with E-state index in [-0.39, 0.29) is 17.0 Å². The van der Waals surface area contributed by atoms with Gasteiger partial charge in [0, 0.05) is 11.3 Å². The maximum Gasteiger partial charge on any atom is 0.416 e. The maximum atomic E-state index is 12.9. The topological polar surface area (TPSA) is 75.6 Å². The third-order valence-corrected chi connectivity index (χ3v) is 4.10. The predicted octanol–water partition coefficient (Wildman–Crippen LogP) is 4.95. The number of anilines is 1. The number of carbonyl (C=O) groups excluding carboxylic acids is 2. The molecule has 0 aliphatic heterocycles. The summed E-state index contributed by atoms with van der Waals surface area (Å²) in [5, 5.41) is 11.9. The van der Waals surface area contributed by atoms with E-state index in [1.807, 2.05) is 0 Å². The SMILES string of the molecule is O=C(O[C@H](C(=O)Nc1cccc(C(F)(F)F)c1)c1ccccc1)c1cccc(O)c1. The van der Waals surface area contributed by atoms with Gasteiger partial charge < -0.3 is 15.2 Å². The first-order chi connectivity index (χ1) is 14.2. The summed E-state index contributed by atoms with van der Waals surface area (Å²) in [4.78, 5) is 25.2. The van der Waals surface area contributed by atoms with Crippen LogP contribution in [0.25, 0.3) is 0 Å². The van der Waals surface area contributed by atoms with E-state index in [2.05, 4.69) is 5.32 Å². The summed E-state index contributed by atoms with van der Waals surface area (Å²) in [6.45, 7) is 0. The summed E-state index contributed by atoms with van der Waals surface area (Å²) >= 11 is 0. The second-order valence-electron chi connectivity index (χ2n) is 6.31. The number of nitrogens with one attached hydrogen (secondary N) is 1. The van der Waals surface area contributed by atoms with Gasteiger partial charge >= 0.3 is 12.1 Å². The van der Waals surface area contributed by atoms with Gasteiger partial charge in [-0.1, -0.05) is 42.5 Å². The number of alkyl halides is 3. The molecule has 154 valence electrons. The Morgan fingerprint density at radius 3 is 2.27 bits per heavy atom. The van der Waals surface area contributed by atoms with Gasteiger partial charge in [0.05, 0.1) is 11.1 Å². The zero-order chi connectivity index (χ0) is 21.7. The summed E-state index contributed by atoms with van der Waals surface area (Å²) < 4.78 is 44.1. The molecular formula is C22H16F3NO4. The average molecular weight is 415 g/mol. The number of hydrogen-bond donors (Lipinski definition) is 2. The lowest BCUT2D eigenvalue weighted by atomic mass is 10.1. The molecule has 1 amide bonds. The molecule has 30 heavy (non-hydrogen) atoms. The molecule has 0 saturated carbocycles. The monoisotopic (exact) mass is 415 g/mol. The Morgan fingerprint density at radius 2 is 1.60 bits per heavy atom. The van der Waals surface area contributed by atoms with Crippen LogP contribution in [0.3, 0.4) is 0 Å². The first-order valence-corrected chi connectivity index (χ1v) is 8.77. The first kappa shape index (κ1) is 20.9. The highest BCUT2D eigenvalue weighted by Gasteiger charge is 2.31. The number of hydrogen-bond acceptors (Lipinski definition) is 4. The number of aromatic hydroxyl groups is 1. The predicted molar refractivity (Wildman–Crippen MR) is 103 cm³/mol. The molecule has 0 radical (unpaired) electrons. The quantitative estimate of drug-likeness (QED) is 0.579. The number of ether oxygens (including phenoxy) is 1. The van der Waals surface area contributed by atoms with Gasteiger partial charge in [-0.15, -0.1) is 0 Å². The van der Waals surface area contributed by atoms with Crippen molar-refractivity contribution in [3.05, 3.63) is 95.6 Å². The number of phenols is 1. The fraction of sp³-hybridized carbons (Fsp3) is 0.0909. The summed E-state index contributed by atoms with van der Waals surface area (Å²) in [7, 11) is 0. The highest BCUT2D eigenvalue weighted by Crippen LogP contribution is 2.31. The second kappa shape index (κ2) is 8.69. The molecule has 0 spiro atoms. The van der Waals surface area contributed by atoms with Gasteiger partial charge in [0.2, 0.25) is 6.10 Å². The molecule has 3 aromatic rings. The number of carbonyl (C=O) groups is 2. The molecule has 1 atom stereocenters. The lowest BCUT2D eigenvalue weighted by molar-refractivity contribution is -0.137. The van der Waals surface area contributed by atoms with Crippen molar-refractivity contribution in [1.82, 2.24) is 0 Å². The molecule has 0 aromatic heterocycles. The molecule has 0 aliphatic carbocycles. The third-order valence-electron chi connectivity index (χ3n) is 4.10. The van der Waals surface area contributed by atoms with Crippen LogP contribution in [0.1, 0.15) is 27.6 Å². The van der Waals surface area contributed by atoms with Crippen molar-refractivity contribution in [2.75, 3.05) is 5.32 Å². The van der Waals surface area contributed by atoms with Crippen LogP contribution >= 0.6 is 0 Å². The van der Waals surface area contributed by atoms with Gasteiger partial charge in [-0.25, -0.2) is 4.79 Å². The number of phenolic OH excluding ortho intramolecular Hbond substituents is 1. The van der Waals surface area contributed by atoms with E-state index in [0.717, 1.165) is 18.2 Å². The summed E-state index contributed by atoms with van der Waals surface area (Å²) in [5.41, 5.74) is -0.671. The van der Waals surface area contributed by atoms with Gasteiger partial charge in [-0.05, 0) is 36.4 Å². The van der Waals surface area contributed by atoms with Crippen molar-refractivity contribution in [2.45, 2.75) is 12.3 Å². The zero-order valence-corrected chi connectivity index (χ0v) is 15.4. The van der Waals surface area contributed by atoms with E-state index in [9.17, 15) is 27.9 Å². The van der Waals surface area contributed by atoms with Crippen molar-refractivity contribution in [2.24, 2.45) is 0 Å². The van der Waals surface area contributed by atoms with Gasteiger partial charge in [-0.2, -0.15) is 13.2 Å². The summed E-state index contributed by atoms with van der Waals surface area (Å²) in [6, 6.07) is 17.6. The fourth-order valence-electron chi connectivity index (χ4n) is 2.69. The molecule has 0 fully saturated rings. The number of esters is 1. The van der Waals surface area contributed by atoms with Crippen LogP contribution in [-0.4, -0.2) is 17.0 Å². The number of rotatable bonds is 5. The molecule has 0 unspecified atom stereocenters. The Hall–Kier alpha value is -3.81. The number of halogens is 3. The highest BCUT2D eigenvalue weighted by atomic mass is 19.4. The Labute approximate surface area is 169 Å². The van der Waals surface area contributed by atoms with E-state index >= 15 is 0 Å². The molecule has 0 aliphatic rings. The molecule has 2 N–H and O–H groups in total. The average Bonchev–Trinajstić information content (AvgIpc) is 2.72. The third kappa shape index (κ3) is 5.16. The van der Waals surface area contributed by atoms with Crippen molar-refractivity contribution in [1.29, 1.82) is 0 Å². The normalized spacial score (nSPS) is 12.1. The van der Waals surface area contributed by atoms with Gasteiger partial charge in [0.25, 0.3) is 5.91 Å². The van der Waals surface area contributed by atoms with Crippen LogP contribution in [0.2, 0.25) is 0 Å². The largest absolute Gasteiger partial charge is 0.508 e. The van der Waals surface area contributed by atoms with Crippen molar-refractivity contribution < 1.29 is 32.6 Å². The lowest BCUT2D eigenvalue weighted by Gasteiger charge is -2.18. The first-order valence-electron chi connectivity index (χ1n) is 8.77. The van der Waals surface area contributed by atoms with Crippen molar-refractivity contribution >= 4 is 17.6 Å². The Morgan fingerprint density at radius 1 is 0.900 bits per heavy atom. The minimum Gasteiger partial charge on any atom is -0.508 e. The van der Waals surface area contributed by atoms with Crippen LogP contribution in [0.4, 0.5) is 18.9 Å². The number of benzene rings is 3. The minimum atomic E-state index is -4.57. The summed E-state index contributed by atoms with van der Waals surface area (Å²) in [5.74, 6) is -1.86. The zero-order valence-electron chi connectivity index (χ0n) is 15.4. The molecule has 3 rings (SSSR count). The van der Waals surface area contributed by atoms with E-state index in [0.29, 0.717) is 5.56 Å². The van der Waals surface area contributed by atoms with E-state index in [4.69, 9.17) is 4.74 Å². The van der Waals surface area contributed by atoms with Crippen LogP contribution in [-0.2, 0) is 15.7 Å². The van der Waals surface area contributed by atoms with E-state index in [1.54, 1.807) is 30.3 Å². The fourth-order valence-corrected chi connectivity index (χ4v) is 2.69. The standard InChI is InChI=1S/C22H16F3NO4/c23-22(24,25)16-9-5-10-17(13-16)26-20(28)19(14-6-2-1-3-7-14)30-21(29)15-8-4-11-18(27)12-15/h1-13,19,27H,(H,26,28)/t19-/m0/s1. The molecule has 5 nitrogen and oxygen atoms in total. The van der Waals surface area contributed by atoms with Crippen LogP contribution in [0, 0.1) is 0 Å². The molecular weight excluding hydrogens is 399 g/mol.